The average molecular weight is 533 g/mol. The molecule has 0 aromatic heterocycles. The van der Waals surface area contributed by atoms with Crippen molar-refractivity contribution in [3.8, 4) is 5.75 Å². The maximum Gasteiger partial charge on any atom is 0.213 e. The summed E-state index contributed by atoms with van der Waals surface area (Å²) in [6, 6.07) is 7.24. The minimum absolute atomic E-state index is 0. The van der Waals surface area contributed by atoms with Gasteiger partial charge in [0.2, 0.25) is 10.0 Å². The zero-order chi connectivity index (χ0) is 19.6. The van der Waals surface area contributed by atoms with E-state index in [1.807, 2.05) is 24.1 Å². The Balaban J connectivity index is 0.00000676. The topological polar surface area (TPSA) is 74.2 Å². The molecule has 1 N–H and O–H groups in total. The summed E-state index contributed by atoms with van der Waals surface area (Å²) < 4.78 is 30.5. The van der Waals surface area contributed by atoms with Gasteiger partial charge in [-0.2, -0.15) is 0 Å². The van der Waals surface area contributed by atoms with Gasteiger partial charge in [-0.05, 0) is 37.6 Å². The summed E-state index contributed by atoms with van der Waals surface area (Å²) in [6.07, 6.45) is 0.698. The van der Waals surface area contributed by atoms with E-state index in [0.717, 1.165) is 11.7 Å². The molecule has 7 nitrogen and oxygen atoms in total. The highest BCUT2D eigenvalue weighted by molar-refractivity contribution is 14.0. The number of halogens is 2. The Labute approximate surface area is 185 Å². The molecule has 0 bridgehead atoms. The van der Waals surface area contributed by atoms with Gasteiger partial charge in [0.15, 0.2) is 5.96 Å². The van der Waals surface area contributed by atoms with Crippen molar-refractivity contribution in [2.45, 2.75) is 13.3 Å². The fraction of sp³-hybridized carbons (Fsp3) is 0.588. The molecule has 0 aliphatic heterocycles. The van der Waals surface area contributed by atoms with Crippen LogP contribution in [0.4, 0.5) is 0 Å². The third-order valence-corrected chi connectivity index (χ3v) is 5.97. The molecular formula is C17H30ClIN4O3S. The van der Waals surface area contributed by atoms with Gasteiger partial charge in [-0.25, -0.2) is 12.7 Å². The van der Waals surface area contributed by atoms with E-state index >= 15 is 0 Å². The smallest absolute Gasteiger partial charge is 0.213 e. The lowest BCUT2D eigenvalue weighted by molar-refractivity contribution is 0.281. The summed E-state index contributed by atoms with van der Waals surface area (Å²) in [7, 11) is 2.12. The number of nitrogens with zero attached hydrogens (tertiary/aromatic N) is 3. The lowest BCUT2D eigenvalue weighted by atomic mass is 10.3. The van der Waals surface area contributed by atoms with Crippen LogP contribution in [0.5, 0.6) is 5.75 Å². The number of nitrogens with one attached hydrogen (secondary N) is 1. The van der Waals surface area contributed by atoms with Crippen molar-refractivity contribution in [2.24, 2.45) is 4.99 Å². The Morgan fingerprint density at radius 3 is 2.41 bits per heavy atom. The van der Waals surface area contributed by atoms with E-state index < -0.39 is 10.0 Å². The molecule has 0 aliphatic rings. The van der Waals surface area contributed by atoms with Gasteiger partial charge in [-0.3, -0.25) is 4.99 Å². The predicted molar refractivity (Wildman–Crippen MR) is 123 cm³/mol. The highest BCUT2D eigenvalue weighted by Gasteiger charge is 2.14. The molecule has 0 unspecified atom stereocenters. The number of aliphatic imine (C=N–C) groups is 1. The van der Waals surface area contributed by atoms with Crippen LogP contribution in [0.15, 0.2) is 29.3 Å². The van der Waals surface area contributed by atoms with Crippen LogP contribution in [0.2, 0.25) is 5.02 Å². The van der Waals surface area contributed by atoms with Crippen molar-refractivity contribution in [1.29, 1.82) is 0 Å². The Morgan fingerprint density at radius 1 is 1.22 bits per heavy atom. The number of benzene rings is 1. The first-order valence-corrected chi connectivity index (χ1v) is 10.5. The van der Waals surface area contributed by atoms with Gasteiger partial charge in [0, 0.05) is 39.3 Å². The van der Waals surface area contributed by atoms with Crippen LogP contribution in [0, 0.1) is 0 Å². The van der Waals surface area contributed by atoms with Gasteiger partial charge in [0.05, 0.1) is 12.3 Å². The molecule has 0 fully saturated rings. The molecule has 0 saturated heterocycles. The maximum atomic E-state index is 11.7. The van der Waals surface area contributed by atoms with Gasteiger partial charge in [0.25, 0.3) is 0 Å². The summed E-state index contributed by atoms with van der Waals surface area (Å²) >= 11 is 5.85. The summed E-state index contributed by atoms with van der Waals surface area (Å²) in [5, 5.41) is 3.91. The monoisotopic (exact) mass is 532 g/mol. The number of hydrogen-bond donors (Lipinski definition) is 1. The molecule has 0 spiro atoms. The molecule has 0 aliphatic carbocycles. The zero-order valence-electron chi connectivity index (χ0n) is 16.3. The van der Waals surface area contributed by atoms with Gasteiger partial charge in [0.1, 0.15) is 12.4 Å². The van der Waals surface area contributed by atoms with Crippen LogP contribution in [0.25, 0.3) is 0 Å². The number of sulfonamides is 1. The Bertz CT molecular complexity index is 671. The highest BCUT2D eigenvalue weighted by Crippen LogP contribution is 2.15. The Kier molecular flexibility index (Phi) is 13.0. The Hall–Kier alpha value is -0.780. The molecule has 27 heavy (non-hydrogen) atoms. The van der Waals surface area contributed by atoms with Crippen molar-refractivity contribution in [3.63, 3.8) is 0 Å². The standard InChI is InChI=1S/C17H29ClN4O3S.HI/c1-5-26(23,24)22(4)12-6-11-20-17(19-2)21(3)13-14-25-16-9-7-15(18)8-10-16;/h7-10H,5-6,11-14H2,1-4H3,(H,19,20);1H. The van der Waals surface area contributed by atoms with Crippen LogP contribution < -0.4 is 10.1 Å². The first kappa shape index (κ1) is 26.2. The minimum atomic E-state index is -3.12. The SMILES string of the molecule is CCS(=O)(=O)N(C)CCCNC(=NC)N(C)CCOc1ccc(Cl)cc1.I. The molecule has 0 amide bonds. The molecule has 156 valence electrons. The number of guanidine groups is 1. The lowest BCUT2D eigenvalue weighted by Crippen LogP contribution is -2.42. The van der Waals surface area contributed by atoms with E-state index in [9.17, 15) is 8.42 Å². The molecule has 1 rings (SSSR count). The van der Waals surface area contributed by atoms with Crippen LogP contribution in [0.3, 0.4) is 0 Å². The van der Waals surface area contributed by atoms with Crippen molar-refractivity contribution in [1.82, 2.24) is 14.5 Å². The second-order valence-corrected chi connectivity index (χ2v) is 8.57. The van der Waals surface area contributed by atoms with Crippen LogP contribution in [-0.2, 0) is 10.0 Å². The lowest BCUT2D eigenvalue weighted by Gasteiger charge is -2.22. The van der Waals surface area contributed by atoms with Crippen LogP contribution in [-0.4, -0.2) is 76.7 Å². The van der Waals surface area contributed by atoms with Crippen molar-refractivity contribution < 1.29 is 13.2 Å². The minimum Gasteiger partial charge on any atom is -0.492 e. The largest absolute Gasteiger partial charge is 0.492 e. The third-order valence-electron chi connectivity index (χ3n) is 3.86. The molecule has 0 radical (unpaired) electrons. The van der Waals surface area contributed by atoms with Crippen molar-refractivity contribution in [2.75, 3.05) is 53.1 Å². The normalized spacial score (nSPS) is 11.9. The van der Waals surface area contributed by atoms with Gasteiger partial charge in [-0.1, -0.05) is 11.6 Å². The van der Waals surface area contributed by atoms with E-state index in [2.05, 4.69) is 10.3 Å². The maximum absolute atomic E-state index is 11.7. The molecule has 10 heteroatoms. The van der Waals surface area contributed by atoms with E-state index in [-0.39, 0.29) is 29.7 Å². The number of hydrogen-bond acceptors (Lipinski definition) is 4. The van der Waals surface area contributed by atoms with E-state index in [1.165, 1.54) is 4.31 Å². The number of rotatable bonds is 10. The fourth-order valence-corrected chi connectivity index (χ4v) is 3.16. The molecule has 1 aromatic carbocycles. The first-order chi connectivity index (χ1) is 12.3. The van der Waals surface area contributed by atoms with E-state index in [4.69, 9.17) is 16.3 Å². The Morgan fingerprint density at radius 2 is 1.85 bits per heavy atom. The van der Waals surface area contributed by atoms with Crippen molar-refractivity contribution >= 4 is 51.6 Å². The van der Waals surface area contributed by atoms with Crippen LogP contribution >= 0.6 is 35.6 Å². The van der Waals surface area contributed by atoms with Crippen LogP contribution in [0.1, 0.15) is 13.3 Å². The molecular weight excluding hydrogens is 503 g/mol. The summed E-state index contributed by atoms with van der Waals surface area (Å²) in [5.41, 5.74) is 0. The van der Waals surface area contributed by atoms with Gasteiger partial charge in [-0.15, -0.1) is 24.0 Å². The summed E-state index contributed by atoms with van der Waals surface area (Å²) in [4.78, 5) is 6.19. The second kappa shape index (κ2) is 13.4. The third kappa shape index (κ3) is 9.82. The van der Waals surface area contributed by atoms with E-state index in [1.54, 1.807) is 33.2 Å². The fourth-order valence-electron chi connectivity index (χ4n) is 2.18. The summed E-state index contributed by atoms with van der Waals surface area (Å²) in [6.45, 7) is 3.93. The quantitative estimate of drug-likeness (QED) is 0.217. The van der Waals surface area contributed by atoms with E-state index in [0.29, 0.717) is 37.7 Å². The van der Waals surface area contributed by atoms with Gasteiger partial charge < -0.3 is 15.0 Å². The molecule has 0 saturated carbocycles. The number of likely N-dealkylation sites (N-methyl/N-ethyl adjacent to an activating group) is 1. The first-order valence-electron chi connectivity index (χ1n) is 8.54. The van der Waals surface area contributed by atoms with Crippen molar-refractivity contribution in [3.05, 3.63) is 29.3 Å². The zero-order valence-corrected chi connectivity index (χ0v) is 20.2. The summed E-state index contributed by atoms with van der Waals surface area (Å²) in [5.74, 6) is 1.63. The average Bonchev–Trinajstić information content (AvgIpc) is 2.63. The highest BCUT2D eigenvalue weighted by atomic mass is 127. The predicted octanol–water partition coefficient (Wildman–Crippen LogP) is 2.52. The van der Waals surface area contributed by atoms with Gasteiger partial charge >= 0.3 is 0 Å². The molecule has 0 heterocycles. The second-order valence-electron chi connectivity index (χ2n) is 5.77. The molecule has 0 atom stereocenters. The molecule has 1 aromatic rings. The number of ether oxygens (including phenoxy) is 1.